The highest BCUT2D eigenvalue weighted by Gasteiger charge is 2.14. The van der Waals surface area contributed by atoms with Gasteiger partial charge in [-0.25, -0.2) is 4.98 Å². The quantitative estimate of drug-likeness (QED) is 0.193. The molecular formula is C27H34ClN5O3S. The van der Waals surface area contributed by atoms with Crippen LogP contribution >= 0.6 is 11.6 Å². The molecule has 4 rings (SSSR count). The SMILES string of the molecule is CCCCC(CC)COCc1ccc(C)cc1OS(=O)Nc1ccc(-c2nc3c(Cl)c(C)[nH]n3n2)cc1. The molecule has 0 aliphatic carbocycles. The van der Waals surface area contributed by atoms with E-state index >= 15 is 0 Å². The van der Waals surface area contributed by atoms with E-state index in [1.54, 1.807) is 16.8 Å². The lowest BCUT2D eigenvalue weighted by Crippen LogP contribution is -2.13. The van der Waals surface area contributed by atoms with E-state index in [9.17, 15) is 4.21 Å². The molecule has 0 spiro atoms. The maximum atomic E-state index is 12.8. The average molecular weight is 544 g/mol. The topological polar surface area (TPSA) is 93.5 Å². The zero-order valence-corrected chi connectivity index (χ0v) is 23.3. The fourth-order valence-corrected chi connectivity index (χ4v) is 4.86. The zero-order valence-electron chi connectivity index (χ0n) is 21.7. The van der Waals surface area contributed by atoms with Gasteiger partial charge < -0.3 is 8.92 Å². The van der Waals surface area contributed by atoms with Gasteiger partial charge in [0, 0.05) is 23.4 Å². The monoisotopic (exact) mass is 543 g/mol. The molecule has 10 heteroatoms. The summed E-state index contributed by atoms with van der Waals surface area (Å²) in [4.78, 5) is 4.49. The van der Waals surface area contributed by atoms with Gasteiger partial charge >= 0.3 is 11.3 Å². The molecule has 8 nitrogen and oxygen atoms in total. The number of aromatic amines is 1. The van der Waals surface area contributed by atoms with E-state index in [4.69, 9.17) is 20.5 Å². The second-order valence-electron chi connectivity index (χ2n) is 9.26. The molecule has 0 saturated carbocycles. The standard InChI is InChI=1S/C27H34ClN5O3S/c1-5-7-8-20(6-2)16-35-17-22-10-9-18(3)15-24(22)36-37(34)32-23-13-11-21(12-14-23)26-29-27-25(28)19(4)30-33(27)31-26/h9-15,20,30,32H,5-8,16-17H2,1-4H3. The molecule has 2 N–H and O–H groups in total. The number of anilines is 1. The third-order valence-electron chi connectivity index (χ3n) is 6.29. The van der Waals surface area contributed by atoms with Crippen molar-refractivity contribution < 1.29 is 13.1 Å². The highest BCUT2D eigenvalue weighted by atomic mass is 35.5. The smallest absolute Gasteiger partial charge is 0.316 e. The number of hydrogen-bond acceptors (Lipinski definition) is 5. The van der Waals surface area contributed by atoms with Crippen LogP contribution < -0.4 is 8.91 Å². The Morgan fingerprint density at radius 1 is 1.16 bits per heavy atom. The summed E-state index contributed by atoms with van der Waals surface area (Å²) < 4.78 is 29.0. The number of H-pyrrole nitrogens is 1. The van der Waals surface area contributed by atoms with Crippen molar-refractivity contribution in [1.29, 1.82) is 0 Å². The Balaban J connectivity index is 1.36. The number of halogens is 1. The molecule has 2 aromatic heterocycles. The van der Waals surface area contributed by atoms with Gasteiger partial charge in [0.2, 0.25) is 0 Å². The molecular weight excluding hydrogens is 510 g/mol. The van der Waals surface area contributed by atoms with Gasteiger partial charge in [-0.1, -0.05) is 56.8 Å². The van der Waals surface area contributed by atoms with Crippen molar-refractivity contribution in [2.45, 2.75) is 60.0 Å². The van der Waals surface area contributed by atoms with E-state index in [2.05, 4.69) is 33.8 Å². The molecule has 37 heavy (non-hydrogen) atoms. The van der Waals surface area contributed by atoms with Crippen LogP contribution in [0.3, 0.4) is 0 Å². The van der Waals surface area contributed by atoms with E-state index in [0.29, 0.717) is 47.1 Å². The van der Waals surface area contributed by atoms with Gasteiger partial charge in [0.25, 0.3) is 0 Å². The fraction of sp³-hybridized carbons (Fsp3) is 0.407. The number of rotatable bonds is 13. The van der Waals surface area contributed by atoms with Crippen LogP contribution in [0.2, 0.25) is 5.02 Å². The number of nitrogens with one attached hydrogen (secondary N) is 2. The third-order valence-corrected chi connectivity index (χ3v) is 7.48. The second-order valence-corrected chi connectivity index (χ2v) is 10.5. The molecule has 0 bridgehead atoms. The molecule has 2 unspecified atom stereocenters. The summed E-state index contributed by atoms with van der Waals surface area (Å²) in [5.74, 6) is 1.65. The van der Waals surface area contributed by atoms with Crippen molar-refractivity contribution in [2.75, 3.05) is 11.3 Å². The summed E-state index contributed by atoms with van der Waals surface area (Å²) in [6, 6.07) is 13.2. The summed E-state index contributed by atoms with van der Waals surface area (Å²) in [5, 5.41) is 8.03. The summed E-state index contributed by atoms with van der Waals surface area (Å²) in [7, 11) is 0. The van der Waals surface area contributed by atoms with Crippen molar-refractivity contribution in [1.82, 2.24) is 19.8 Å². The Kier molecular flexibility index (Phi) is 9.23. The van der Waals surface area contributed by atoms with Crippen LogP contribution in [0.5, 0.6) is 5.75 Å². The van der Waals surface area contributed by atoms with Crippen molar-refractivity contribution in [3.63, 3.8) is 0 Å². The van der Waals surface area contributed by atoms with Gasteiger partial charge in [0.05, 0.1) is 12.3 Å². The molecule has 0 aliphatic heterocycles. The number of aryl methyl sites for hydroxylation is 2. The first-order valence-electron chi connectivity index (χ1n) is 12.6. The van der Waals surface area contributed by atoms with Crippen molar-refractivity contribution in [2.24, 2.45) is 5.92 Å². The Morgan fingerprint density at radius 3 is 2.65 bits per heavy atom. The van der Waals surface area contributed by atoms with Gasteiger partial charge in [-0.15, -0.1) is 5.10 Å². The van der Waals surface area contributed by atoms with Gasteiger partial charge in [-0.3, -0.25) is 9.82 Å². The molecule has 0 fully saturated rings. The molecule has 2 heterocycles. The third kappa shape index (κ3) is 6.91. The molecule has 0 radical (unpaired) electrons. The molecule has 2 atom stereocenters. The number of ether oxygens (including phenoxy) is 1. The van der Waals surface area contributed by atoms with E-state index < -0.39 is 11.3 Å². The number of fused-ring (bicyclic) bond motifs is 1. The van der Waals surface area contributed by atoms with E-state index in [-0.39, 0.29) is 0 Å². The predicted molar refractivity (Wildman–Crippen MR) is 149 cm³/mol. The van der Waals surface area contributed by atoms with E-state index in [1.807, 2.05) is 44.2 Å². The Bertz CT molecular complexity index is 1350. The second kappa shape index (κ2) is 12.6. The number of aromatic nitrogens is 4. The van der Waals surface area contributed by atoms with Gasteiger partial charge in [0.15, 0.2) is 11.5 Å². The average Bonchev–Trinajstić information content (AvgIpc) is 3.41. The minimum Gasteiger partial charge on any atom is -0.385 e. The van der Waals surface area contributed by atoms with Crippen LogP contribution in [0.4, 0.5) is 5.69 Å². The van der Waals surface area contributed by atoms with Gasteiger partial charge in [-0.05, 0) is 62.1 Å². The largest absolute Gasteiger partial charge is 0.385 e. The van der Waals surface area contributed by atoms with Gasteiger partial charge in [-0.2, -0.15) is 8.84 Å². The first-order chi connectivity index (χ1) is 17.9. The molecule has 2 aromatic carbocycles. The lowest BCUT2D eigenvalue weighted by molar-refractivity contribution is 0.0812. The zero-order chi connectivity index (χ0) is 26.4. The van der Waals surface area contributed by atoms with Crippen molar-refractivity contribution in [3.05, 3.63) is 64.3 Å². The maximum absolute atomic E-state index is 12.8. The van der Waals surface area contributed by atoms with Crippen molar-refractivity contribution >= 4 is 34.2 Å². The molecule has 0 aliphatic rings. The molecule has 0 amide bonds. The van der Waals surface area contributed by atoms with Crippen LogP contribution in [-0.2, 0) is 22.6 Å². The lowest BCUT2D eigenvalue weighted by atomic mass is 10.0. The van der Waals surface area contributed by atoms with Crippen LogP contribution in [0.25, 0.3) is 17.0 Å². The fourth-order valence-electron chi connectivity index (χ4n) is 4.01. The maximum Gasteiger partial charge on any atom is 0.316 e. The minimum absolute atomic E-state index is 0.416. The minimum atomic E-state index is -1.79. The van der Waals surface area contributed by atoms with Gasteiger partial charge in [0.1, 0.15) is 10.8 Å². The Labute approximate surface area is 225 Å². The van der Waals surface area contributed by atoms with Crippen molar-refractivity contribution in [3.8, 4) is 17.1 Å². The summed E-state index contributed by atoms with van der Waals surface area (Å²) >= 11 is 4.47. The first kappa shape index (κ1) is 27.2. The normalized spacial score (nSPS) is 13.1. The van der Waals surface area contributed by atoms with E-state index in [0.717, 1.165) is 28.8 Å². The summed E-state index contributed by atoms with van der Waals surface area (Å²) in [5.41, 5.74) is 4.74. The lowest BCUT2D eigenvalue weighted by Gasteiger charge is -2.16. The summed E-state index contributed by atoms with van der Waals surface area (Å²) in [6.07, 6.45) is 4.69. The number of benzene rings is 2. The number of nitrogens with zero attached hydrogens (tertiary/aromatic N) is 3. The van der Waals surface area contributed by atoms with Crippen LogP contribution in [-0.4, -0.2) is 30.6 Å². The predicted octanol–water partition coefficient (Wildman–Crippen LogP) is 6.80. The van der Waals surface area contributed by atoms with Crippen LogP contribution in [0.1, 0.15) is 56.4 Å². The number of unbranched alkanes of at least 4 members (excludes halogenated alkanes) is 1. The summed E-state index contributed by atoms with van der Waals surface area (Å²) in [6.45, 7) is 9.38. The van der Waals surface area contributed by atoms with E-state index in [1.165, 1.54) is 19.3 Å². The Hall–Kier alpha value is -2.88. The van der Waals surface area contributed by atoms with Crippen LogP contribution in [0.15, 0.2) is 42.5 Å². The van der Waals surface area contributed by atoms with Crippen LogP contribution in [0, 0.1) is 19.8 Å². The number of hydrogen-bond donors (Lipinski definition) is 2. The molecule has 4 aromatic rings. The highest BCUT2D eigenvalue weighted by molar-refractivity contribution is 7.81. The first-order valence-corrected chi connectivity index (χ1v) is 14.1. The molecule has 198 valence electrons. The Morgan fingerprint density at radius 2 is 1.95 bits per heavy atom. The molecule has 0 saturated heterocycles. The highest BCUT2D eigenvalue weighted by Crippen LogP contribution is 2.26.